The van der Waals surface area contributed by atoms with E-state index in [4.69, 9.17) is 27.7 Å². The van der Waals surface area contributed by atoms with E-state index in [2.05, 4.69) is 5.09 Å². The molecular weight excluding hydrogens is 350 g/mol. The average Bonchev–Trinajstić information content (AvgIpc) is 2.45. The van der Waals surface area contributed by atoms with Crippen LogP contribution >= 0.6 is 29.3 Å². The van der Waals surface area contributed by atoms with Gasteiger partial charge in [-0.25, -0.2) is 13.5 Å². The van der Waals surface area contributed by atoms with Crippen molar-refractivity contribution in [1.29, 1.82) is 5.26 Å². The molecule has 0 saturated carbocycles. The van der Waals surface area contributed by atoms with E-state index in [-0.39, 0.29) is 4.90 Å². The van der Waals surface area contributed by atoms with E-state index in [9.17, 15) is 8.42 Å². The molecule has 0 aliphatic carbocycles. The predicted molar refractivity (Wildman–Crippen MR) is 89.5 cm³/mol. The topological polar surface area (TPSA) is 70.0 Å². The second-order valence-corrected chi connectivity index (χ2v) is 9.44. The SMILES string of the molecule is N#CC=CS(=O)(=O)c1ccc(N[PH+](Cl)Cl)c2ccccc12. The van der Waals surface area contributed by atoms with Crippen molar-refractivity contribution in [3.63, 3.8) is 0 Å². The zero-order valence-electron chi connectivity index (χ0n) is 10.5. The fourth-order valence-corrected chi connectivity index (χ4v) is 4.08. The van der Waals surface area contributed by atoms with Gasteiger partial charge in [-0.1, -0.05) is 24.3 Å². The van der Waals surface area contributed by atoms with Gasteiger partial charge in [0.15, 0.2) is 0 Å². The molecule has 0 amide bonds. The van der Waals surface area contributed by atoms with Gasteiger partial charge in [0.2, 0.25) is 9.84 Å². The smallest absolute Gasteiger partial charge is 0.231 e. The maximum Gasteiger partial charge on any atom is 0.287 e. The van der Waals surface area contributed by atoms with E-state index in [1.54, 1.807) is 36.4 Å². The fraction of sp³-hybridized carbons (Fsp3) is 0. The lowest BCUT2D eigenvalue weighted by Gasteiger charge is -2.09. The molecule has 8 heteroatoms. The number of rotatable bonds is 4. The van der Waals surface area contributed by atoms with Gasteiger partial charge in [-0.3, -0.25) is 0 Å². The molecule has 1 N–H and O–H groups in total. The normalized spacial score (nSPS) is 11.9. The molecule has 0 spiro atoms. The quantitative estimate of drug-likeness (QED) is 0.644. The number of benzene rings is 2. The van der Waals surface area contributed by atoms with Gasteiger partial charge in [0.25, 0.3) is 6.78 Å². The molecule has 0 aromatic heterocycles. The lowest BCUT2D eigenvalue weighted by atomic mass is 10.1. The molecule has 108 valence electrons. The number of hydrogen-bond acceptors (Lipinski definition) is 4. The minimum absolute atomic E-state index is 0.132. The van der Waals surface area contributed by atoms with Crippen molar-refractivity contribution in [3.05, 3.63) is 47.9 Å². The summed E-state index contributed by atoms with van der Waals surface area (Å²) >= 11 is 11.6. The highest BCUT2D eigenvalue weighted by atomic mass is 35.9. The highest BCUT2D eigenvalue weighted by Gasteiger charge is 2.18. The van der Waals surface area contributed by atoms with Crippen molar-refractivity contribution in [2.45, 2.75) is 4.90 Å². The summed E-state index contributed by atoms with van der Waals surface area (Å²) in [5.41, 5.74) is 0.674. The van der Waals surface area contributed by atoms with Gasteiger partial charge >= 0.3 is 0 Å². The number of nitrogens with zero attached hydrogens (tertiary/aromatic N) is 1. The minimum atomic E-state index is -3.68. The standard InChI is InChI=1S/C13H9Cl2N2O2PS/c14-20(15)17-12-6-7-13(21(18,19)9-3-8-16)11-5-2-1-4-10(11)12/h1-7,9,17H/p+1. The molecule has 21 heavy (non-hydrogen) atoms. The molecule has 2 aromatic carbocycles. The second-order valence-electron chi connectivity index (χ2n) is 4.02. The zero-order valence-corrected chi connectivity index (χ0v) is 13.9. The third-order valence-corrected chi connectivity index (χ3v) is 5.23. The molecule has 0 unspecified atom stereocenters. The summed E-state index contributed by atoms with van der Waals surface area (Å²) in [4.78, 5) is 0.132. The number of halogens is 2. The van der Waals surface area contributed by atoms with Crippen molar-refractivity contribution < 1.29 is 8.42 Å². The van der Waals surface area contributed by atoms with Gasteiger partial charge < -0.3 is 0 Å². The largest absolute Gasteiger partial charge is 0.287 e. The van der Waals surface area contributed by atoms with Crippen LogP contribution in [0, 0.1) is 11.3 Å². The first-order valence-corrected chi connectivity index (χ1v) is 10.8. The first-order valence-electron chi connectivity index (χ1n) is 5.73. The van der Waals surface area contributed by atoms with E-state index in [1.807, 2.05) is 0 Å². The zero-order chi connectivity index (χ0) is 15.5. The van der Waals surface area contributed by atoms with Crippen LogP contribution in [0.5, 0.6) is 0 Å². The number of nitrogens with one attached hydrogen (secondary N) is 1. The van der Waals surface area contributed by atoms with E-state index >= 15 is 0 Å². The lowest BCUT2D eigenvalue weighted by molar-refractivity contribution is 0.605. The second kappa shape index (κ2) is 6.64. The molecule has 0 heterocycles. The lowest BCUT2D eigenvalue weighted by Crippen LogP contribution is -1.98. The predicted octanol–water partition coefficient (Wildman–Crippen LogP) is 4.50. The van der Waals surface area contributed by atoms with Crippen LogP contribution in [0.25, 0.3) is 10.8 Å². The Morgan fingerprint density at radius 2 is 1.81 bits per heavy atom. The maximum atomic E-state index is 12.2. The molecule has 0 bridgehead atoms. The Balaban J connectivity index is 2.69. The highest BCUT2D eigenvalue weighted by molar-refractivity contribution is 8.04. The molecule has 0 atom stereocenters. The summed E-state index contributed by atoms with van der Waals surface area (Å²) in [6, 6.07) is 11.8. The minimum Gasteiger partial charge on any atom is -0.231 e. The molecule has 0 aliphatic rings. The van der Waals surface area contributed by atoms with Gasteiger partial charge in [0.05, 0.1) is 16.7 Å². The Hall–Kier alpha value is -1.31. The van der Waals surface area contributed by atoms with E-state index < -0.39 is 16.6 Å². The number of fused-ring (bicyclic) bond motifs is 1. The van der Waals surface area contributed by atoms with Crippen molar-refractivity contribution in [2.75, 3.05) is 5.09 Å². The molecule has 2 aromatic rings. The molecule has 0 radical (unpaired) electrons. The van der Waals surface area contributed by atoms with Crippen LogP contribution < -0.4 is 5.09 Å². The first-order chi connectivity index (χ1) is 9.95. The Bertz CT molecular complexity index is 845. The van der Waals surface area contributed by atoms with Crippen LogP contribution in [-0.4, -0.2) is 8.42 Å². The first kappa shape index (κ1) is 16.1. The summed E-state index contributed by atoms with van der Waals surface area (Å²) in [5.74, 6) is 0. The van der Waals surface area contributed by atoms with Gasteiger partial charge in [-0.2, -0.15) is 5.26 Å². The summed E-state index contributed by atoms with van der Waals surface area (Å²) in [5, 5.41) is 13.6. The monoisotopic (exact) mass is 359 g/mol. The van der Waals surface area contributed by atoms with Crippen LogP contribution in [0.1, 0.15) is 0 Å². The van der Waals surface area contributed by atoms with Gasteiger partial charge in [-0.05, 0) is 12.1 Å². The van der Waals surface area contributed by atoms with Crippen molar-refractivity contribution in [3.8, 4) is 6.07 Å². The van der Waals surface area contributed by atoms with Gasteiger partial charge in [-0.15, -0.1) is 0 Å². The van der Waals surface area contributed by atoms with E-state index in [0.717, 1.165) is 11.5 Å². The number of sulfone groups is 1. The van der Waals surface area contributed by atoms with Gasteiger partial charge in [0, 0.05) is 22.3 Å². The van der Waals surface area contributed by atoms with Crippen LogP contribution in [0.2, 0.25) is 0 Å². The van der Waals surface area contributed by atoms with Crippen molar-refractivity contribution in [2.24, 2.45) is 0 Å². The van der Waals surface area contributed by atoms with Crippen molar-refractivity contribution >= 4 is 55.6 Å². The number of hydrogen-bond donors (Lipinski definition) is 1. The Labute approximate surface area is 133 Å². The van der Waals surface area contributed by atoms with Crippen LogP contribution in [-0.2, 0) is 9.84 Å². The fourth-order valence-electron chi connectivity index (χ4n) is 1.92. The Morgan fingerprint density at radius 1 is 1.14 bits per heavy atom. The third kappa shape index (κ3) is 3.66. The van der Waals surface area contributed by atoms with Crippen LogP contribution in [0.15, 0.2) is 52.8 Å². The number of allylic oxidation sites excluding steroid dienone is 1. The molecule has 2 rings (SSSR count). The summed E-state index contributed by atoms with van der Waals surface area (Å²) in [7, 11) is -3.68. The molecule has 0 fully saturated rings. The number of nitriles is 1. The van der Waals surface area contributed by atoms with Crippen molar-refractivity contribution in [1.82, 2.24) is 0 Å². The third-order valence-electron chi connectivity index (χ3n) is 2.74. The van der Waals surface area contributed by atoms with Gasteiger partial charge in [0.1, 0.15) is 22.5 Å². The molecule has 0 saturated heterocycles. The molecular formula is C13H10Cl2N2O2PS+. The summed E-state index contributed by atoms with van der Waals surface area (Å²) in [6.45, 7) is -1.75. The number of anilines is 1. The Kier molecular flexibility index (Phi) is 5.08. The maximum absolute atomic E-state index is 12.2. The molecule has 0 aliphatic heterocycles. The van der Waals surface area contributed by atoms with Crippen LogP contribution in [0.4, 0.5) is 5.69 Å². The van der Waals surface area contributed by atoms with E-state index in [1.165, 1.54) is 6.07 Å². The van der Waals surface area contributed by atoms with Crippen LogP contribution in [0.3, 0.4) is 0 Å². The highest BCUT2D eigenvalue weighted by Crippen LogP contribution is 2.47. The Morgan fingerprint density at radius 3 is 2.43 bits per heavy atom. The average molecular weight is 360 g/mol. The van der Waals surface area contributed by atoms with E-state index in [0.29, 0.717) is 16.5 Å². The summed E-state index contributed by atoms with van der Waals surface area (Å²) < 4.78 is 24.5. The summed E-state index contributed by atoms with van der Waals surface area (Å²) in [6.07, 6.45) is 0.939. The molecule has 4 nitrogen and oxygen atoms in total.